The van der Waals surface area contributed by atoms with Gasteiger partial charge in [0.2, 0.25) is 0 Å². The molecule has 0 radical (unpaired) electrons. The van der Waals surface area contributed by atoms with Crippen LogP contribution >= 0.6 is 0 Å². The first kappa shape index (κ1) is 12.4. The summed E-state index contributed by atoms with van der Waals surface area (Å²) in [6, 6.07) is 4.80. The summed E-state index contributed by atoms with van der Waals surface area (Å²) in [4.78, 5) is 3.98. The molecular weight excluding hydrogens is 231 g/mol. The Morgan fingerprint density at radius 3 is 3.00 bits per heavy atom. The number of hydrogen-bond donors (Lipinski definition) is 2. The summed E-state index contributed by atoms with van der Waals surface area (Å²) in [5.41, 5.74) is 6.48. The maximum atomic E-state index is 13.2. The molecule has 0 atom stereocenters. The van der Waals surface area contributed by atoms with Gasteiger partial charge in [0, 0.05) is 25.5 Å². The van der Waals surface area contributed by atoms with Crippen LogP contribution in [0.5, 0.6) is 0 Å². The van der Waals surface area contributed by atoms with Crippen molar-refractivity contribution < 1.29 is 4.39 Å². The number of nitrogen functional groups attached to an aromatic ring is 1. The van der Waals surface area contributed by atoms with Crippen molar-refractivity contribution in [3.63, 3.8) is 0 Å². The van der Waals surface area contributed by atoms with E-state index in [0.717, 1.165) is 25.9 Å². The number of anilines is 2. The van der Waals surface area contributed by atoms with Gasteiger partial charge in [-0.3, -0.25) is 0 Å². The van der Waals surface area contributed by atoms with Gasteiger partial charge in [0.1, 0.15) is 5.82 Å². The van der Waals surface area contributed by atoms with E-state index in [9.17, 15) is 4.39 Å². The Bertz CT molecular complexity index is 482. The van der Waals surface area contributed by atoms with Gasteiger partial charge in [-0.1, -0.05) is 6.07 Å². The fourth-order valence-electron chi connectivity index (χ4n) is 1.75. The molecule has 2 aromatic rings. The molecule has 5 heteroatoms. The van der Waals surface area contributed by atoms with Crippen LogP contribution in [0.4, 0.5) is 15.8 Å². The Morgan fingerprint density at radius 1 is 1.33 bits per heavy atom. The SMILES string of the molecule is Nc1c(F)cccc1NCCCCn1ccnc1. The average Bonchev–Trinajstić information content (AvgIpc) is 2.87. The van der Waals surface area contributed by atoms with Gasteiger partial charge >= 0.3 is 0 Å². The molecule has 96 valence electrons. The molecule has 0 bridgehead atoms. The Labute approximate surface area is 106 Å². The fraction of sp³-hybridized carbons (Fsp3) is 0.308. The van der Waals surface area contributed by atoms with E-state index in [-0.39, 0.29) is 11.5 Å². The number of rotatable bonds is 6. The molecule has 3 N–H and O–H groups in total. The van der Waals surface area contributed by atoms with Gasteiger partial charge in [0.25, 0.3) is 0 Å². The summed E-state index contributed by atoms with van der Waals surface area (Å²) >= 11 is 0. The van der Waals surface area contributed by atoms with Crippen LogP contribution in [-0.2, 0) is 6.54 Å². The molecule has 4 nitrogen and oxygen atoms in total. The van der Waals surface area contributed by atoms with Crippen LogP contribution in [0.3, 0.4) is 0 Å². The lowest BCUT2D eigenvalue weighted by atomic mass is 10.2. The molecule has 0 saturated carbocycles. The van der Waals surface area contributed by atoms with E-state index in [2.05, 4.69) is 10.3 Å². The molecule has 2 rings (SSSR count). The van der Waals surface area contributed by atoms with Crippen LogP contribution in [0.2, 0.25) is 0 Å². The van der Waals surface area contributed by atoms with Gasteiger partial charge in [-0.25, -0.2) is 9.37 Å². The van der Waals surface area contributed by atoms with Crippen molar-refractivity contribution in [2.24, 2.45) is 0 Å². The largest absolute Gasteiger partial charge is 0.395 e. The number of halogens is 1. The van der Waals surface area contributed by atoms with E-state index < -0.39 is 0 Å². The molecule has 1 aromatic carbocycles. The number of nitrogens with two attached hydrogens (primary N) is 1. The molecule has 1 aromatic heterocycles. The van der Waals surface area contributed by atoms with Crippen molar-refractivity contribution in [3.8, 4) is 0 Å². The second-order valence-corrected chi connectivity index (χ2v) is 4.14. The molecule has 0 aliphatic rings. The second kappa shape index (κ2) is 6.05. The van der Waals surface area contributed by atoms with Crippen LogP contribution in [-0.4, -0.2) is 16.1 Å². The molecule has 18 heavy (non-hydrogen) atoms. The zero-order valence-electron chi connectivity index (χ0n) is 10.1. The fourth-order valence-corrected chi connectivity index (χ4v) is 1.75. The predicted octanol–water partition coefficient (Wildman–Crippen LogP) is 2.50. The van der Waals surface area contributed by atoms with Crippen molar-refractivity contribution in [1.82, 2.24) is 9.55 Å². The first-order chi connectivity index (χ1) is 8.77. The van der Waals surface area contributed by atoms with E-state index in [1.807, 2.05) is 10.8 Å². The Balaban J connectivity index is 1.70. The number of benzene rings is 1. The number of aryl methyl sites for hydroxylation is 1. The molecule has 1 heterocycles. The van der Waals surface area contributed by atoms with Crippen molar-refractivity contribution in [1.29, 1.82) is 0 Å². The van der Waals surface area contributed by atoms with Crippen molar-refractivity contribution in [2.75, 3.05) is 17.6 Å². The van der Waals surface area contributed by atoms with Crippen molar-refractivity contribution >= 4 is 11.4 Å². The van der Waals surface area contributed by atoms with Gasteiger partial charge in [-0.2, -0.15) is 0 Å². The summed E-state index contributed by atoms with van der Waals surface area (Å²) in [6.07, 6.45) is 7.55. The zero-order valence-corrected chi connectivity index (χ0v) is 10.1. The molecular formula is C13H17FN4. The van der Waals surface area contributed by atoms with Crippen LogP contribution in [0, 0.1) is 5.82 Å². The zero-order chi connectivity index (χ0) is 12.8. The number of nitrogens with zero attached hydrogens (tertiary/aromatic N) is 2. The lowest BCUT2D eigenvalue weighted by Gasteiger charge is -2.09. The molecule has 0 amide bonds. The van der Waals surface area contributed by atoms with Crippen molar-refractivity contribution in [3.05, 3.63) is 42.7 Å². The second-order valence-electron chi connectivity index (χ2n) is 4.14. The first-order valence-corrected chi connectivity index (χ1v) is 6.01. The molecule has 0 aliphatic heterocycles. The third-order valence-electron chi connectivity index (χ3n) is 2.77. The Hall–Kier alpha value is -2.04. The third kappa shape index (κ3) is 3.23. The van der Waals surface area contributed by atoms with Gasteiger partial charge in [0.05, 0.1) is 17.7 Å². The summed E-state index contributed by atoms with van der Waals surface area (Å²) in [7, 11) is 0. The minimum atomic E-state index is -0.376. The minimum absolute atomic E-state index is 0.187. The van der Waals surface area contributed by atoms with Crippen LogP contribution in [0.15, 0.2) is 36.9 Å². The Kier molecular flexibility index (Phi) is 4.17. The summed E-state index contributed by atoms with van der Waals surface area (Å²) in [5.74, 6) is -0.376. The normalized spacial score (nSPS) is 10.5. The lowest BCUT2D eigenvalue weighted by molar-refractivity contribution is 0.620. The summed E-state index contributed by atoms with van der Waals surface area (Å²) in [6.45, 7) is 1.72. The van der Waals surface area contributed by atoms with E-state index >= 15 is 0 Å². The number of unbranched alkanes of at least 4 members (excludes halogenated alkanes) is 1. The van der Waals surface area contributed by atoms with Crippen LogP contribution in [0.25, 0.3) is 0 Å². The number of nitrogens with one attached hydrogen (secondary N) is 1. The van der Waals surface area contributed by atoms with Gasteiger partial charge in [-0.05, 0) is 25.0 Å². The predicted molar refractivity (Wildman–Crippen MR) is 70.8 cm³/mol. The van der Waals surface area contributed by atoms with Gasteiger partial charge in [0.15, 0.2) is 0 Å². The standard InChI is InChI=1S/C13H17FN4/c14-11-4-3-5-12(13(11)15)17-6-1-2-8-18-9-7-16-10-18/h3-5,7,9-10,17H,1-2,6,8,15H2. The highest BCUT2D eigenvalue weighted by atomic mass is 19.1. The van der Waals surface area contributed by atoms with Crippen LogP contribution < -0.4 is 11.1 Å². The van der Waals surface area contributed by atoms with Crippen molar-refractivity contribution in [2.45, 2.75) is 19.4 Å². The van der Waals surface area contributed by atoms with Crippen LogP contribution in [0.1, 0.15) is 12.8 Å². The maximum Gasteiger partial charge on any atom is 0.148 e. The highest BCUT2D eigenvalue weighted by Gasteiger charge is 2.02. The first-order valence-electron chi connectivity index (χ1n) is 6.01. The minimum Gasteiger partial charge on any atom is -0.395 e. The van der Waals surface area contributed by atoms with E-state index in [1.165, 1.54) is 6.07 Å². The lowest BCUT2D eigenvalue weighted by Crippen LogP contribution is -2.06. The quantitative estimate of drug-likeness (QED) is 0.610. The van der Waals surface area contributed by atoms with E-state index in [4.69, 9.17) is 5.73 Å². The third-order valence-corrected chi connectivity index (χ3v) is 2.77. The van der Waals surface area contributed by atoms with Gasteiger partial charge in [-0.15, -0.1) is 0 Å². The van der Waals surface area contributed by atoms with E-state index in [1.54, 1.807) is 24.7 Å². The summed E-state index contributed by atoms with van der Waals surface area (Å²) in [5, 5.41) is 3.14. The number of hydrogen-bond acceptors (Lipinski definition) is 3. The Morgan fingerprint density at radius 2 is 2.22 bits per heavy atom. The topological polar surface area (TPSA) is 55.9 Å². The molecule has 0 saturated heterocycles. The monoisotopic (exact) mass is 248 g/mol. The molecule has 0 unspecified atom stereocenters. The van der Waals surface area contributed by atoms with Gasteiger partial charge < -0.3 is 15.6 Å². The average molecular weight is 248 g/mol. The van der Waals surface area contributed by atoms with E-state index in [0.29, 0.717) is 5.69 Å². The highest BCUT2D eigenvalue weighted by molar-refractivity contribution is 5.66. The number of aromatic nitrogens is 2. The molecule has 0 aliphatic carbocycles. The molecule has 0 fully saturated rings. The molecule has 0 spiro atoms. The number of para-hydroxylation sites is 1. The summed E-state index contributed by atoms with van der Waals surface area (Å²) < 4.78 is 15.2. The number of imidazole rings is 1. The maximum absolute atomic E-state index is 13.2. The smallest absolute Gasteiger partial charge is 0.148 e. The highest BCUT2D eigenvalue weighted by Crippen LogP contribution is 2.20.